The van der Waals surface area contributed by atoms with Crippen molar-refractivity contribution >= 4 is 22.6 Å². The Bertz CT molecular complexity index is 1130. The van der Waals surface area contributed by atoms with Crippen LogP contribution in [0.1, 0.15) is 61.2 Å². The number of aryl methyl sites for hydroxylation is 1. The van der Waals surface area contributed by atoms with Crippen LogP contribution >= 0.6 is 0 Å². The van der Waals surface area contributed by atoms with E-state index in [9.17, 15) is 4.79 Å². The Balaban J connectivity index is 1.33. The third kappa shape index (κ3) is 4.81. The van der Waals surface area contributed by atoms with Crippen LogP contribution in [0.4, 0.5) is 5.82 Å². The zero-order valence-electron chi connectivity index (χ0n) is 19.9. The van der Waals surface area contributed by atoms with Crippen LogP contribution in [-0.4, -0.2) is 45.9 Å². The SMILES string of the molecule is Cc1nc(CN(C)CC2CCCCC2)nc2c1CCC(=O)N2CCc1c[nH]c2ccccc12. The Morgan fingerprint density at radius 3 is 2.79 bits per heavy atom. The number of carbonyl (C=O) groups excluding carboxylic acids is 1. The summed E-state index contributed by atoms with van der Waals surface area (Å²) in [5.74, 6) is 2.62. The minimum absolute atomic E-state index is 0.168. The molecule has 1 amide bonds. The number of aromatic nitrogens is 3. The first-order chi connectivity index (χ1) is 16.1. The maximum atomic E-state index is 12.9. The Morgan fingerprint density at radius 2 is 1.94 bits per heavy atom. The van der Waals surface area contributed by atoms with Gasteiger partial charge < -0.3 is 4.98 Å². The quantitative estimate of drug-likeness (QED) is 0.567. The average molecular weight is 446 g/mol. The molecule has 0 saturated heterocycles. The maximum Gasteiger partial charge on any atom is 0.228 e. The molecular weight excluding hydrogens is 410 g/mol. The molecule has 1 saturated carbocycles. The lowest BCUT2D eigenvalue weighted by Gasteiger charge is -2.30. The number of rotatable bonds is 7. The van der Waals surface area contributed by atoms with E-state index < -0.39 is 0 Å². The molecule has 0 radical (unpaired) electrons. The lowest BCUT2D eigenvalue weighted by atomic mass is 9.89. The van der Waals surface area contributed by atoms with Crippen LogP contribution in [0.25, 0.3) is 10.9 Å². The lowest BCUT2D eigenvalue weighted by molar-refractivity contribution is -0.118. The van der Waals surface area contributed by atoms with Crippen LogP contribution in [0, 0.1) is 12.8 Å². The van der Waals surface area contributed by atoms with E-state index in [0.29, 0.717) is 13.0 Å². The van der Waals surface area contributed by atoms with Crippen LogP contribution in [0.2, 0.25) is 0 Å². The van der Waals surface area contributed by atoms with Gasteiger partial charge in [0.2, 0.25) is 5.91 Å². The van der Waals surface area contributed by atoms with Crippen molar-refractivity contribution in [1.82, 2.24) is 19.9 Å². The highest BCUT2D eigenvalue weighted by Gasteiger charge is 2.28. The maximum absolute atomic E-state index is 12.9. The minimum atomic E-state index is 0.168. The summed E-state index contributed by atoms with van der Waals surface area (Å²) in [7, 11) is 2.17. The third-order valence-electron chi connectivity index (χ3n) is 7.37. The second kappa shape index (κ2) is 9.64. The van der Waals surface area contributed by atoms with Gasteiger partial charge in [0.15, 0.2) is 0 Å². The summed E-state index contributed by atoms with van der Waals surface area (Å²) in [6, 6.07) is 8.33. The minimum Gasteiger partial charge on any atom is -0.361 e. The normalized spacial score (nSPS) is 17.2. The van der Waals surface area contributed by atoms with Gasteiger partial charge in [0.25, 0.3) is 0 Å². The van der Waals surface area contributed by atoms with Crippen LogP contribution in [0.15, 0.2) is 30.5 Å². The van der Waals surface area contributed by atoms with E-state index >= 15 is 0 Å². The number of carbonyl (C=O) groups is 1. The highest BCUT2D eigenvalue weighted by molar-refractivity contribution is 5.95. The molecule has 0 unspecified atom stereocenters. The molecule has 6 heteroatoms. The van der Waals surface area contributed by atoms with Crippen molar-refractivity contribution < 1.29 is 4.79 Å². The highest BCUT2D eigenvalue weighted by atomic mass is 16.2. The summed E-state index contributed by atoms with van der Waals surface area (Å²) in [4.78, 5) is 30.3. The molecule has 174 valence electrons. The number of hydrogen-bond donors (Lipinski definition) is 1. The number of fused-ring (bicyclic) bond motifs is 2. The molecule has 33 heavy (non-hydrogen) atoms. The summed E-state index contributed by atoms with van der Waals surface area (Å²) in [6.07, 6.45) is 10.9. The van der Waals surface area contributed by atoms with Gasteiger partial charge in [0, 0.05) is 47.9 Å². The van der Waals surface area contributed by atoms with Gasteiger partial charge in [0.1, 0.15) is 11.6 Å². The van der Waals surface area contributed by atoms with E-state index in [1.807, 2.05) is 11.0 Å². The topological polar surface area (TPSA) is 65.1 Å². The number of benzene rings is 1. The van der Waals surface area contributed by atoms with Crippen molar-refractivity contribution in [3.8, 4) is 0 Å². The summed E-state index contributed by atoms with van der Waals surface area (Å²) < 4.78 is 0. The molecule has 5 rings (SSSR count). The number of nitrogens with one attached hydrogen (secondary N) is 1. The first-order valence-corrected chi connectivity index (χ1v) is 12.5. The van der Waals surface area contributed by atoms with Gasteiger partial charge in [-0.15, -0.1) is 0 Å². The number of anilines is 1. The second-order valence-corrected chi connectivity index (χ2v) is 9.88. The lowest BCUT2D eigenvalue weighted by Crippen LogP contribution is -2.38. The largest absolute Gasteiger partial charge is 0.361 e. The fraction of sp³-hybridized carbons (Fsp3) is 0.519. The second-order valence-electron chi connectivity index (χ2n) is 9.88. The summed E-state index contributed by atoms with van der Waals surface area (Å²) in [5, 5.41) is 1.23. The first-order valence-electron chi connectivity index (χ1n) is 12.5. The fourth-order valence-electron chi connectivity index (χ4n) is 5.63. The number of H-pyrrole nitrogens is 1. The number of aromatic amines is 1. The van der Waals surface area contributed by atoms with E-state index in [1.54, 1.807) is 0 Å². The van der Waals surface area contributed by atoms with Gasteiger partial charge in [0.05, 0.1) is 6.54 Å². The van der Waals surface area contributed by atoms with Crippen LogP contribution in [0.5, 0.6) is 0 Å². The zero-order chi connectivity index (χ0) is 22.8. The molecule has 1 fully saturated rings. The zero-order valence-corrected chi connectivity index (χ0v) is 19.9. The Hall–Kier alpha value is -2.73. The van der Waals surface area contributed by atoms with Crippen LogP contribution in [0.3, 0.4) is 0 Å². The van der Waals surface area contributed by atoms with Gasteiger partial charge in [-0.05, 0) is 57.2 Å². The van der Waals surface area contributed by atoms with Gasteiger partial charge >= 0.3 is 0 Å². The Labute approximate surface area is 196 Å². The average Bonchev–Trinajstić information content (AvgIpc) is 3.22. The smallest absolute Gasteiger partial charge is 0.228 e. The number of nitrogens with zero attached hydrogens (tertiary/aromatic N) is 4. The molecule has 2 aliphatic rings. The Morgan fingerprint density at radius 1 is 1.12 bits per heavy atom. The van der Waals surface area contributed by atoms with Gasteiger partial charge in [-0.1, -0.05) is 37.5 Å². The molecule has 1 aromatic carbocycles. The molecule has 1 aliphatic heterocycles. The summed E-state index contributed by atoms with van der Waals surface area (Å²) in [6.45, 7) is 4.54. The van der Waals surface area contributed by atoms with Crippen molar-refractivity contribution in [1.29, 1.82) is 0 Å². The number of amides is 1. The van der Waals surface area contributed by atoms with E-state index in [4.69, 9.17) is 9.97 Å². The Kier molecular flexibility index (Phi) is 6.45. The molecular formula is C27H35N5O. The van der Waals surface area contributed by atoms with Crippen LogP contribution in [-0.2, 0) is 24.2 Å². The molecule has 0 spiro atoms. The summed E-state index contributed by atoms with van der Waals surface area (Å²) >= 11 is 0. The molecule has 3 heterocycles. The van der Waals surface area contributed by atoms with Crippen molar-refractivity contribution in [2.45, 2.75) is 64.8 Å². The first kappa shape index (κ1) is 22.1. The molecule has 0 bridgehead atoms. The highest BCUT2D eigenvalue weighted by Crippen LogP contribution is 2.29. The van der Waals surface area contributed by atoms with Gasteiger partial charge in [-0.3, -0.25) is 14.6 Å². The molecule has 3 aromatic rings. The number of hydrogen-bond acceptors (Lipinski definition) is 4. The monoisotopic (exact) mass is 445 g/mol. The predicted molar refractivity (Wildman–Crippen MR) is 132 cm³/mol. The third-order valence-corrected chi connectivity index (χ3v) is 7.37. The fourth-order valence-corrected chi connectivity index (χ4v) is 5.63. The molecule has 1 aliphatic carbocycles. The van der Waals surface area contributed by atoms with E-state index in [-0.39, 0.29) is 5.91 Å². The van der Waals surface area contributed by atoms with E-state index in [2.05, 4.69) is 48.3 Å². The number of para-hydroxylation sites is 1. The van der Waals surface area contributed by atoms with Crippen molar-refractivity contribution in [3.63, 3.8) is 0 Å². The van der Waals surface area contributed by atoms with Crippen LogP contribution < -0.4 is 4.90 Å². The van der Waals surface area contributed by atoms with Crippen molar-refractivity contribution in [2.75, 3.05) is 25.0 Å². The molecule has 6 nitrogen and oxygen atoms in total. The van der Waals surface area contributed by atoms with Gasteiger partial charge in [-0.2, -0.15) is 0 Å². The van der Waals surface area contributed by atoms with E-state index in [0.717, 1.165) is 60.3 Å². The van der Waals surface area contributed by atoms with Gasteiger partial charge in [-0.25, -0.2) is 9.97 Å². The van der Waals surface area contributed by atoms with E-state index in [1.165, 1.54) is 43.1 Å². The standard InChI is InChI=1S/C27H35N5O/c1-19-22-12-13-26(33)32(15-14-21-16-28-24-11-7-6-10-23(21)24)27(22)30-25(29-19)18-31(2)17-20-8-4-3-5-9-20/h6-7,10-11,16,20,28H,3-5,8-9,12-15,17-18H2,1-2H3. The molecule has 0 atom stereocenters. The molecule has 2 aromatic heterocycles. The predicted octanol–water partition coefficient (Wildman–Crippen LogP) is 4.80. The van der Waals surface area contributed by atoms with Crippen molar-refractivity contribution in [3.05, 3.63) is 53.1 Å². The van der Waals surface area contributed by atoms with Crippen molar-refractivity contribution in [2.24, 2.45) is 5.92 Å². The summed E-state index contributed by atoms with van der Waals surface area (Å²) in [5.41, 5.74) is 4.53. The molecule has 1 N–H and O–H groups in total.